The van der Waals surface area contributed by atoms with Gasteiger partial charge in [-0.15, -0.1) is 23.1 Å². The molecule has 1 aromatic carbocycles. The van der Waals surface area contributed by atoms with Gasteiger partial charge in [0.15, 0.2) is 0 Å². The summed E-state index contributed by atoms with van der Waals surface area (Å²) in [4.78, 5) is 20.4. The molecule has 0 saturated carbocycles. The molecule has 1 saturated heterocycles. The summed E-state index contributed by atoms with van der Waals surface area (Å²) in [5, 5.41) is 6.49. The molecule has 2 aromatic rings. The quantitative estimate of drug-likeness (QED) is 0.827. The summed E-state index contributed by atoms with van der Waals surface area (Å²) in [6.45, 7) is 3.67. The van der Waals surface area contributed by atoms with Gasteiger partial charge in [0.25, 0.3) is 5.91 Å². The van der Waals surface area contributed by atoms with E-state index in [1.165, 1.54) is 0 Å². The van der Waals surface area contributed by atoms with Crippen LogP contribution in [0.2, 0.25) is 0 Å². The number of carbonyl (C=O) groups excluding carboxylic acids is 1. The number of benzene rings is 1. The van der Waals surface area contributed by atoms with Crippen LogP contribution in [0.1, 0.15) is 33.9 Å². The number of nitrogens with zero attached hydrogens (tertiary/aromatic N) is 2. The SMILES string of the molecule is CNC1CCN(C(=O)c2ccccc2SCc2csc(C)n2)CC1. The van der Waals surface area contributed by atoms with Crippen LogP contribution >= 0.6 is 23.1 Å². The van der Waals surface area contributed by atoms with Gasteiger partial charge in [-0.2, -0.15) is 0 Å². The number of amides is 1. The second-order valence-corrected chi connectivity index (χ2v) is 8.08. The number of hydrogen-bond donors (Lipinski definition) is 1. The minimum Gasteiger partial charge on any atom is -0.338 e. The minimum atomic E-state index is 0.155. The molecule has 0 spiro atoms. The zero-order valence-corrected chi connectivity index (χ0v) is 15.8. The second-order valence-electron chi connectivity index (χ2n) is 6.00. The van der Waals surface area contributed by atoms with Gasteiger partial charge in [-0.25, -0.2) is 4.98 Å². The summed E-state index contributed by atoms with van der Waals surface area (Å²) in [7, 11) is 1.99. The fourth-order valence-corrected chi connectivity index (χ4v) is 4.59. The Balaban J connectivity index is 1.68. The van der Waals surface area contributed by atoms with E-state index in [9.17, 15) is 4.79 Å². The van der Waals surface area contributed by atoms with E-state index in [1.54, 1.807) is 23.1 Å². The number of aryl methyl sites for hydroxylation is 1. The van der Waals surface area contributed by atoms with E-state index in [4.69, 9.17) is 0 Å². The van der Waals surface area contributed by atoms with Gasteiger partial charge in [0.05, 0.1) is 16.3 Å². The van der Waals surface area contributed by atoms with Gasteiger partial charge in [0, 0.05) is 35.2 Å². The molecule has 0 unspecified atom stereocenters. The summed E-state index contributed by atoms with van der Waals surface area (Å²) in [6.07, 6.45) is 2.05. The lowest BCUT2D eigenvalue weighted by Gasteiger charge is -2.32. The Labute approximate surface area is 151 Å². The Hall–Kier alpha value is -1.37. The number of piperidine rings is 1. The maximum atomic E-state index is 12.9. The molecule has 24 heavy (non-hydrogen) atoms. The van der Waals surface area contributed by atoms with Gasteiger partial charge in [-0.1, -0.05) is 12.1 Å². The first-order valence-electron chi connectivity index (χ1n) is 8.26. The topological polar surface area (TPSA) is 45.2 Å². The molecule has 6 heteroatoms. The van der Waals surface area contributed by atoms with Crippen molar-refractivity contribution in [2.45, 2.75) is 36.5 Å². The van der Waals surface area contributed by atoms with Gasteiger partial charge in [0.1, 0.15) is 0 Å². The summed E-state index contributed by atoms with van der Waals surface area (Å²) < 4.78 is 0. The molecule has 1 fully saturated rings. The molecule has 0 bridgehead atoms. The van der Waals surface area contributed by atoms with Crippen LogP contribution in [0.15, 0.2) is 34.5 Å². The number of likely N-dealkylation sites (tertiary alicyclic amines) is 1. The van der Waals surface area contributed by atoms with Crippen molar-refractivity contribution in [3.8, 4) is 0 Å². The number of thioether (sulfide) groups is 1. The van der Waals surface area contributed by atoms with Crippen molar-refractivity contribution >= 4 is 29.0 Å². The van der Waals surface area contributed by atoms with E-state index in [1.807, 2.05) is 43.1 Å². The average Bonchev–Trinajstić information content (AvgIpc) is 3.05. The highest BCUT2D eigenvalue weighted by Gasteiger charge is 2.24. The molecule has 0 aliphatic carbocycles. The van der Waals surface area contributed by atoms with Crippen molar-refractivity contribution in [2.75, 3.05) is 20.1 Å². The van der Waals surface area contributed by atoms with Crippen molar-refractivity contribution in [1.29, 1.82) is 0 Å². The molecule has 128 valence electrons. The first-order valence-corrected chi connectivity index (χ1v) is 10.1. The third-order valence-electron chi connectivity index (χ3n) is 4.35. The van der Waals surface area contributed by atoms with Crippen molar-refractivity contribution < 1.29 is 4.79 Å². The first-order chi connectivity index (χ1) is 11.7. The number of hydrogen-bond acceptors (Lipinski definition) is 5. The zero-order chi connectivity index (χ0) is 16.9. The van der Waals surface area contributed by atoms with Crippen LogP contribution in [0.25, 0.3) is 0 Å². The monoisotopic (exact) mass is 361 g/mol. The minimum absolute atomic E-state index is 0.155. The molecule has 0 radical (unpaired) electrons. The van der Waals surface area contributed by atoms with E-state index in [0.717, 1.165) is 52.8 Å². The third kappa shape index (κ3) is 4.18. The van der Waals surface area contributed by atoms with Crippen molar-refractivity contribution in [3.05, 3.63) is 45.9 Å². The van der Waals surface area contributed by atoms with Gasteiger partial charge >= 0.3 is 0 Å². The Morgan fingerprint density at radius 3 is 2.79 bits per heavy atom. The Morgan fingerprint density at radius 2 is 2.12 bits per heavy atom. The Morgan fingerprint density at radius 1 is 1.38 bits per heavy atom. The summed E-state index contributed by atoms with van der Waals surface area (Å²) in [5.41, 5.74) is 1.90. The molecule has 1 aliphatic rings. The predicted octanol–water partition coefficient (Wildman–Crippen LogP) is 3.57. The zero-order valence-electron chi connectivity index (χ0n) is 14.1. The molecular weight excluding hydrogens is 338 g/mol. The van der Waals surface area contributed by atoms with Crippen LogP contribution in [0.4, 0.5) is 0 Å². The molecule has 1 N–H and O–H groups in total. The lowest BCUT2D eigenvalue weighted by atomic mass is 10.0. The van der Waals surface area contributed by atoms with Crippen LogP contribution in [0.5, 0.6) is 0 Å². The Kier molecular flexibility index (Phi) is 5.92. The van der Waals surface area contributed by atoms with Crippen molar-refractivity contribution in [1.82, 2.24) is 15.2 Å². The first kappa shape index (κ1) is 17.5. The standard InChI is InChI=1S/C18H23N3OS2/c1-13-20-15(11-23-13)12-24-17-6-4-3-5-16(17)18(22)21-9-7-14(19-2)8-10-21/h3-6,11,14,19H,7-10,12H2,1-2H3. The largest absolute Gasteiger partial charge is 0.338 e. The molecule has 2 heterocycles. The number of carbonyl (C=O) groups is 1. The van der Waals surface area contributed by atoms with Crippen LogP contribution in [0.3, 0.4) is 0 Å². The fraction of sp³-hybridized carbons (Fsp3) is 0.444. The molecule has 3 rings (SSSR count). The highest BCUT2D eigenvalue weighted by atomic mass is 32.2. The van der Waals surface area contributed by atoms with Gasteiger partial charge in [-0.05, 0) is 38.9 Å². The molecule has 1 aromatic heterocycles. The molecule has 0 atom stereocenters. The van der Waals surface area contributed by atoms with E-state index < -0.39 is 0 Å². The second kappa shape index (κ2) is 8.14. The number of aromatic nitrogens is 1. The van der Waals surface area contributed by atoms with E-state index in [-0.39, 0.29) is 5.91 Å². The number of thiazole rings is 1. The van der Waals surface area contributed by atoms with Gasteiger partial charge in [-0.3, -0.25) is 4.79 Å². The fourth-order valence-electron chi connectivity index (χ4n) is 2.94. The van der Waals surface area contributed by atoms with E-state index in [0.29, 0.717) is 6.04 Å². The number of rotatable bonds is 5. The maximum Gasteiger partial charge on any atom is 0.254 e. The normalized spacial score (nSPS) is 15.7. The van der Waals surface area contributed by atoms with Crippen LogP contribution < -0.4 is 5.32 Å². The summed E-state index contributed by atoms with van der Waals surface area (Å²) in [6, 6.07) is 8.47. The molecule has 1 aliphatic heterocycles. The van der Waals surface area contributed by atoms with Crippen molar-refractivity contribution in [3.63, 3.8) is 0 Å². The van der Waals surface area contributed by atoms with Gasteiger partial charge < -0.3 is 10.2 Å². The Bertz CT molecular complexity index is 693. The van der Waals surface area contributed by atoms with Crippen LogP contribution in [-0.4, -0.2) is 42.0 Å². The van der Waals surface area contributed by atoms with Crippen molar-refractivity contribution in [2.24, 2.45) is 0 Å². The van der Waals surface area contributed by atoms with Gasteiger partial charge in [0.2, 0.25) is 0 Å². The lowest BCUT2D eigenvalue weighted by molar-refractivity contribution is 0.0704. The average molecular weight is 362 g/mol. The highest BCUT2D eigenvalue weighted by molar-refractivity contribution is 7.98. The number of nitrogens with one attached hydrogen (secondary N) is 1. The third-order valence-corrected chi connectivity index (χ3v) is 6.28. The van der Waals surface area contributed by atoms with E-state index >= 15 is 0 Å². The highest BCUT2D eigenvalue weighted by Crippen LogP contribution is 2.28. The smallest absolute Gasteiger partial charge is 0.254 e. The molecular formula is C18H23N3OS2. The summed E-state index contributed by atoms with van der Waals surface area (Å²) >= 11 is 3.36. The van der Waals surface area contributed by atoms with Crippen LogP contribution in [-0.2, 0) is 5.75 Å². The maximum absolute atomic E-state index is 12.9. The molecule has 4 nitrogen and oxygen atoms in total. The molecule has 1 amide bonds. The van der Waals surface area contributed by atoms with Crippen LogP contribution in [0, 0.1) is 6.92 Å². The van der Waals surface area contributed by atoms with E-state index in [2.05, 4.69) is 15.7 Å². The predicted molar refractivity (Wildman–Crippen MR) is 101 cm³/mol. The lowest BCUT2D eigenvalue weighted by Crippen LogP contribution is -2.44. The summed E-state index contributed by atoms with van der Waals surface area (Å²) in [5.74, 6) is 0.957.